The molecule has 0 aliphatic rings. The topological polar surface area (TPSA) is 113 Å². The average molecular weight is 1480 g/mol. The SMILES string of the molecule is C.C.C.C.C#CCC.C=CCC.CC.CC.CC.CC.CC.CCCOC.CCOC.CCSC.COCC(C)C(Cl)(Cl)Cl.COCC(C)C(F)(F)F.COCC(C)F.CSCC(C)C(F)(F)F.CSCC(C)Cl.F.I.N.O.[2HH].[BH].[HH].[K]. The predicted octanol–water partition coefficient (Wildman–Crippen LogP) is 22.9. The van der Waals surface area contributed by atoms with Crippen LogP contribution in [0.15, 0.2) is 12.7 Å². The number of methoxy groups -OCH3 is 5. The van der Waals surface area contributed by atoms with Gasteiger partial charge in [0.1, 0.15) is 6.17 Å². The van der Waals surface area contributed by atoms with Crippen molar-refractivity contribution in [2.24, 2.45) is 17.8 Å². The molecule has 0 fully saturated rings. The molecule has 0 aromatic rings. The summed E-state index contributed by atoms with van der Waals surface area (Å²) in [7, 11) is 7.70. The minimum Gasteiger partial charge on any atom is -0.412 e. The summed E-state index contributed by atoms with van der Waals surface area (Å²) in [5, 5.41) is 0.333. The molecule has 0 rings (SSSR count). The van der Waals surface area contributed by atoms with Gasteiger partial charge in [0.05, 0.1) is 31.7 Å². The zero-order valence-electron chi connectivity index (χ0n) is 53.7. The van der Waals surface area contributed by atoms with Crippen LogP contribution in [0.2, 0.25) is 0 Å². The van der Waals surface area contributed by atoms with Crippen LogP contribution in [0.1, 0.15) is 190 Å². The Hall–Kier alpha value is 3.10. The Morgan fingerprint density at radius 1 is 0.613 bits per heavy atom. The molecule has 3 radical (unpaired) electrons. The maximum atomic E-state index is 11.6. The van der Waals surface area contributed by atoms with Crippen molar-refractivity contribution in [3.05, 3.63) is 12.7 Å². The van der Waals surface area contributed by atoms with Crippen molar-refractivity contribution in [3.8, 4) is 12.3 Å². The summed E-state index contributed by atoms with van der Waals surface area (Å²) in [5.41, 5.74) is 0. The van der Waals surface area contributed by atoms with Crippen molar-refractivity contribution in [1.82, 2.24) is 6.15 Å². The van der Waals surface area contributed by atoms with Gasteiger partial charge >= 0.3 is 12.4 Å². The van der Waals surface area contributed by atoms with Crippen molar-refractivity contribution in [2.45, 2.75) is 215 Å². The summed E-state index contributed by atoms with van der Waals surface area (Å²) < 4.78 is 103. The Morgan fingerprint density at radius 2 is 0.863 bits per heavy atom. The number of ether oxygens (including phenoxy) is 5. The molecule has 0 saturated heterocycles. The summed E-state index contributed by atoms with van der Waals surface area (Å²) in [6.07, 6.45) is 6.58. The number of alkyl halides is 11. The quantitative estimate of drug-likeness (QED) is 0.0428. The number of halogens is 13. The van der Waals surface area contributed by atoms with Crippen LogP contribution in [0.4, 0.5) is 35.4 Å². The molecular formula is C55H143BCl4F8IKNO6S3. The van der Waals surface area contributed by atoms with E-state index in [1.807, 2.05) is 115 Å². The first-order valence-electron chi connectivity index (χ1n) is 24.0. The Balaban J connectivity index is -0.0000000160. The molecule has 0 amide bonds. The first kappa shape index (κ1) is 166. The van der Waals surface area contributed by atoms with Crippen LogP contribution >= 0.6 is 106 Å². The largest absolute Gasteiger partial charge is 0.412 e. The van der Waals surface area contributed by atoms with Crippen LogP contribution in [-0.4, -0.2) is 198 Å². The van der Waals surface area contributed by atoms with Crippen molar-refractivity contribution in [3.63, 3.8) is 0 Å². The third-order valence-corrected chi connectivity index (χ3v) is 8.90. The fraction of sp³-hybridized carbons (Fsp3) is 0.927. The Labute approximate surface area is 595 Å². The van der Waals surface area contributed by atoms with Gasteiger partial charge in [0.25, 0.3) is 0 Å². The molecule has 5 atom stereocenters. The van der Waals surface area contributed by atoms with E-state index in [9.17, 15) is 30.7 Å². The van der Waals surface area contributed by atoms with Gasteiger partial charge in [-0.1, -0.05) is 188 Å². The van der Waals surface area contributed by atoms with Crippen molar-refractivity contribution in [2.75, 3.05) is 105 Å². The summed E-state index contributed by atoms with van der Waals surface area (Å²) in [5.74, 6) is 2.29. The molecule has 0 bridgehead atoms. The number of hydrogen-bond donors (Lipinski definition) is 1. The molecule has 0 aromatic heterocycles. The normalized spacial score (nSPS) is 9.68. The summed E-state index contributed by atoms with van der Waals surface area (Å²) in [4.78, 5) is 0. The van der Waals surface area contributed by atoms with E-state index >= 15 is 0 Å². The van der Waals surface area contributed by atoms with Gasteiger partial charge in [-0.15, -0.1) is 54.5 Å². The summed E-state index contributed by atoms with van der Waals surface area (Å²) >= 11 is 26.9. The molecule has 517 valence electrons. The number of hydrogen-bond acceptors (Lipinski definition) is 9. The molecule has 0 aliphatic heterocycles. The van der Waals surface area contributed by atoms with Crippen LogP contribution in [-0.2, 0) is 23.7 Å². The van der Waals surface area contributed by atoms with Crippen LogP contribution in [0.5, 0.6) is 0 Å². The molecule has 5 N–H and O–H groups in total. The molecule has 0 aliphatic carbocycles. The van der Waals surface area contributed by atoms with Gasteiger partial charge in [-0.25, -0.2) is 4.39 Å². The minimum absolute atomic E-state index is 0. The first-order valence-corrected chi connectivity index (χ1v) is 29.8. The van der Waals surface area contributed by atoms with Gasteiger partial charge in [-0.05, 0) is 58.1 Å². The molecule has 7 nitrogen and oxygen atoms in total. The maximum absolute atomic E-state index is 11.6. The van der Waals surface area contributed by atoms with E-state index in [1.165, 1.54) is 45.6 Å². The summed E-state index contributed by atoms with van der Waals surface area (Å²) in [6, 6.07) is 0. The minimum atomic E-state index is -4.12. The zero-order valence-corrected chi connectivity index (χ0v) is 64.6. The van der Waals surface area contributed by atoms with Crippen LogP contribution < -0.4 is 6.15 Å². The fourth-order valence-electron chi connectivity index (χ4n) is 1.70. The van der Waals surface area contributed by atoms with E-state index in [0.717, 1.165) is 45.2 Å². The predicted molar refractivity (Wildman–Crippen MR) is 389 cm³/mol. The van der Waals surface area contributed by atoms with Crippen LogP contribution in [0.25, 0.3) is 0 Å². The number of thioether (sulfide) groups is 3. The van der Waals surface area contributed by atoms with E-state index in [0.29, 0.717) is 12.0 Å². The second-order valence-corrected chi connectivity index (χ2v) is 17.7. The maximum Gasteiger partial charge on any atom is 0.393 e. The summed E-state index contributed by atoms with van der Waals surface area (Å²) in [6.45, 7) is 43.4. The third kappa shape index (κ3) is 294. The Bertz CT molecular complexity index is 756. The van der Waals surface area contributed by atoms with E-state index in [2.05, 4.69) is 60.0 Å². The number of allylic oxidation sites excluding steroid dienone is 1. The molecule has 0 heterocycles. The molecule has 25 heteroatoms. The fourth-order valence-corrected chi connectivity index (χ4v) is 3.41. The van der Waals surface area contributed by atoms with Gasteiger partial charge in [-0.3, -0.25) is 4.70 Å². The van der Waals surface area contributed by atoms with E-state index < -0.39 is 34.2 Å². The smallest absolute Gasteiger partial charge is 0.393 e. The van der Waals surface area contributed by atoms with Gasteiger partial charge in [0, 0.05) is 141 Å². The van der Waals surface area contributed by atoms with Gasteiger partial charge < -0.3 is 35.3 Å². The molecule has 5 unspecified atom stereocenters. The second kappa shape index (κ2) is 166. The molecule has 0 spiro atoms. The van der Waals surface area contributed by atoms with Crippen LogP contribution in [0.3, 0.4) is 0 Å². The van der Waals surface area contributed by atoms with Crippen LogP contribution in [0, 0.1) is 30.1 Å². The third-order valence-electron chi connectivity index (χ3n) is 5.20. The second-order valence-electron chi connectivity index (χ2n) is 11.6. The number of terminal acetylenes is 1. The Morgan fingerprint density at radius 3 is 0.900 bits per heavy atom. The Kier molecular flexibility index (Phi) is 344. The van der Waals surface area contributed by atoms with Crippen molar-refractivity contribution in [1.29, 1.82) is 0 Å². The average Bonchev–Trinajstić information content (AvgIpc) is 3.33. The van der Waals surface area contributed by atoms with E-state index in [-0.39, 0.29) is 158 Å². The molecule has 0 aromatic carbocycles. The standard InChI is InChI=1S/C5H9Cl3O.C5H9F3O.C5H9F3S.C4H9ClS.C4H9FO.C4H10O.C4H8.C4H6.C3H8O.C3H8S.5C2H6.4CH4.BH.FH.HI.K.H3N.H2O.2H2/c3*1-4(3-9-2)5(6,7)8;2*1-4(5)3-6-2;1-3-4-5-2;4*1-3-4-2;5*1-2;;;;;;;;;;;;/h3*4H,3H2,1-2H3;2*4H,3H2,1-2H3;3-4H2,1-2H3;3H,1,4H2,2H3;1H,4H2,2H3;2*3H2,1-2H3;5*1-2H3;4*1H4;3*1H;;1H3;1H2;2*1H/i;;;;;;;;;;;;;;;;;;;;;;;;;1+1;. The molecule has 0 saturated carbocycles. The van der Waals surface area contributed by atoms with Gasteiger partial charge in [0.2, 0.25) is 0 Å². The molecular weight excluding hydrogens is 1340 g/mol. The molecule has 80 heavy (non-hydrogen) atoms. The van der Waals surface area contributed by atoms with Gasteiger partial charge in [-0.2, -0.15) is 61.6 Å². The van der Waals surface area contributed by atoms with Crippen molar-refractivity contribution < 1.29 is 67.5 Å². The van der Waals surface area contributed by atoms with E-state index in [4.69, 9.17) is 62.3 Å². The monoisotopic (exact) mass is 1480 g/mol. The number of rotatable bonds is 15. The van der Waals surface area contributed by atoms with E-state index in [1.54, 1.807) is 39.3 Å². The van der Waals surface area contributed by atoms with Gasteiger partial charge in [0.15, 0.2) is 3.79 Å². The van der Waals surface area contributed by atoms with Crippen molar-refractivity contribution >= 4 is 165 Å². The zero-order chi connectivity index (χ0) is 60.2. The first-order chi connectivity index (χ1) is 32.6.